The van der Waals surface area contributed by atoms with Gasteiger partial charge >= 0.3 is 0 Å². The van der Waals surface area contributed by atoms with Crippen LogP contribution in [0.4, 0.5) is 5.82 Å². The highest BCUT2D eigenvalue weighted by atomic mass is 15.0. The SMILES string of the molecule is CCC[CH]c1ccc2c(n1)NCCC2. The summed E-state index contributed by atoms with van der Waals surface area (Å²) in [4.78, 5) is 4.58. The molecule has 2 rings (SSSR count). The molecule has 0 saturated carbocycles. The predicted molar refractivity (Wildman–Crippen MR) is 59.4 cm³/mol. The van der Waals surface area contributed by atoms with Crippen molar-refractivity contribution in [3.63, 3.8) is 0 Å². The van der Waals surface area contributed by atoms with Gasteiger partial charge in [0.25, 0.3) is 0 Å². The predicted octanol–water partition coefficient (Wildman–Crippen LogP) is 2.79. The summed E-state index contributed by atoms with van der Waals surface area (Å²) >= 11 is 0. The number of rotatable bonds is 3. The average molecular weight is 189 g/mol. The standard InChI is InChI=1S/C12H17N2/c1-2-3-6-11-8-7-10-5-4-9-13-12(10)14-11/h6-8H,2-5,9H2,1H3,(H,13,14). The molecule has 75 valence electrons. The minimum absolute atomic E-state index is 1.07. The lowest BCUT2D eigenvalue weighted by atomic mass is 10.1. The van der Waals surface area contributed by atoms with E-state index in [1.54, 1.807) is 0 Å². The highest BCUT2D eigenvalue weighted by Crippen LogP contribution is 2.20. The first-order chi connectivity index (χ1) is 6.90. The van der Waals surface area contributed by atoms with Gasteiger partial charge in [0.2, 0.25) is 0 Å². The fourth-order valence-electron chi connectivity index (χ4n) is 1.75. The molecule has 1 N–H and O–H groups in total. The normalized spacial score (nSPS) is 14.6. The van der Waals surface area contributed by atoms with Crippen molar-refractivity contribution in [3.8, 4) is 0 Å². The first-order valence-corrected chi connectivity index (χ1v) is 5.47. The van der Waals surface area contributed by atoms with E-state index in [0.29, 0.717) is 0 Å². The van der Waals surface area contributed by atoms with Gasteiger partial charge in [0.1, 0.15) is 5.82 Å². The van der Waals surface area contributed by atoms with Crippen LogP contribution in [-0.4, -0.2) is 11.5 Å². The van der Waals surface area contributed by atoms with Crippen LogP contribution < -0.4 is 5.32 Å². The van der Waals surface area contributed by atoms with Crippen LogP contribution >= 0.6 is 0 Å². The number of fused-ring (bicyclic) bond motifs is 1. The topological polar surface area (TPSA) is 24.9 Å². The number of anilines is 1. The molecule has 1 radical (unpaired) electrons. The molecule has 0 amide bonds. The summed E-state index contributed by atoms with van der Waals surface area (Å²) in [6.07, 6.45) is 6.91. The second kappa shape index (κ2) is 4.45. The van der Waals surface area contributed by atoms with Crippen molar-refractivity contribution in [2.24, 2.45) is 0 Å². The zero-order valence-electron chi connectivity index (χ0n) is 8.71. The highest BCUT2D eigenvalue weighted by Gasteiger charge is 2.09. The van der Waals surface area contributed by atoms with Crippen molar-refractivity contribution in [2.75, 3.05) is 11.9 Å². The van der Waals surface area contributed by atoms with Crippen molar-refractivity contribution in [1.29, 1.82) is 0 Å². The van der Waals surface area contributed by atoms with Gasteiger partial charge in [-0.25, -0.2) is 4.98 Å². The number of unbranched alkanes of at least 4 members (excludes halogenated alkanes) is 1. The minimum atomic E-state index is 1.07. The second-order valence-corrected chi connectivity index (χ2v) is 3.77. The Hall–Kier alpha value is -1.05. The van der Waals surface area contributed by atoms with Crippen molar-refractivity contribution >= 4 is 5.82 Å². The van der Waals surface area contributed by atoms with Gasteiger partial charge in [-0.15, -0.1) is 0 Å². The fourth-order valence-corrected chi connectivity index (χ4v) is 1.75. The number of nitrogens with zero attached hydrogens (tertiary/aromatic N) is 1. The Kier molecular flexibility index (Phi) is 3.02. The molecular formula is C12H17N2. The van der Waals surface area contributed by atoms with Gasteiger partial charge in [0.15, 0.2) is 0 Å². The average Bonchev–Trinajstić information content (AvgIpc) is 2.26. The maximum atomic E-state index is 4.58. The Morgan fingerprint density at radius 2 is 2.43 bits per heavy atom. The molecule has 0 aliphatic carbocycles. The largest absolute Gasteiger partial charge is 0.370 e. The first-order valence-electron chi connectivity index (χ1n) is 5.47. The van der Waals surface area contributed by atoms with Crippen LogP contribution in [0.3, 0.4) is 0 Å². The summed E-state index contributed by atoms with van der Waals surface area (Å²) in [6.45, 7) is 3.25. The molecule has 14 heavy (non-hydrogen) atoms. The Bertz CT molecular complexity index is 307. The highest BCUT2D eigenvalue weighted by molar-refractivity contribution is 5.47. The smallest absolute Gasteiger partial charge is 0.129 e. The third-order valence-corrected chi connectivity index (χ3v) is 2.56. The van der Waals surface area contributed by atoms with E-state index in [9.17, 15) is 0 Å². The van der Waals surface area contributed by atoms with Gasteiger partial charge in [-0.2, -0.15) is 0 Å². The summed E-state index contributed by atoms with van der Waals surface area (Å²) in [5.74, 6) is 1.10. The zero-order chi connectivity index (χ0) is 9.80. The van der Waals surface area contributed by atoms with Gasteiger partial charge in [0.05, 0.1) is 0 Å². The molecule has 0 fully saturated rings. The van der Waals surface area contributed by atoms with Gasteiger partial charge < -0.3 is 5.32 Å². The molecule has 0 spiro atoms. The lowest BCUT2D eigenvalue weighted by Gasteiger charge is -2.17. The summed E-state index contributed by atoms with van der Waals surface area (Å²) in [5.41, 5.74) is 2.48. The van der Waals surface area contributed by atoms with E-state index in [-0.39, 0.29) is 0 Å². The van der Waals surface area contributed by atoms with Crippen molar-refractivity contribution in [2.45, 2.75) is 32.6 Å². The number of hydrogen-bond acceptors (Lipinski definition) is 2. The van der Waals surface area contributed by atoms with Gasteiger partial charge in [0, 0.05) is 18.7 Å². The molecular weight excluding hydrogens is 172 g/mol. The van der Waals surface area contributed by atoms with Crippen LogP contribution in [-0.2, 0) is 6.42 Å². The molecule has 1 aromatic heterocycles. The van der Waals surface area contributed by atoms with E-state index in [1.807, 2.05) is 0 Å². The van der Waals surface area contributed by atoms with Gasteiger partial charge in [-0.3, -0.25) is 0 Å². The molecule has 0 bridgehead atoms. The van der Waals surface area contributed by atoms with Gasteiger partial charge in [-0.05, 0) is 30.9 Å². The van der Waals surface area contributed by atoms with E-state index in [0.717, 1.165) is 24.5 Å². The molecule has 2 heterocycles. The van der Waals surface area contributed by atoms with Crippen LogP contribution in [0.15, 0.2) is 12.1 Å². The molecule has 1 aliphatic heterocycles. The van der Waals surface area contributed by atoms with Crippen molar-refractivity contribution in [3.05, 3.63) is 29.8 Å². The molecule has 0 unspecified atom stereocenters. The first kappa shape index (κ1) is 9.50. The maximum absolute atomic E-state index is 4.58. The van der Waals surface area contributed by atoms with Crippen LogP contribution in [0, 0.1) is 6.42 Å². The van der Waals surface area contributed by atoms with Crippen LogP contribution in [0.25, 0.3) is 0 Å². The van der Waals surface area contributed by atoms with Crippen molar-refractivity contribution < 1.29 is 0 Å². The maximum Gasteiger partial charge on any atom is 0.129 e. The third-order valence-electron chi connectivity index (χ3n) is 2.56. The molecule has 2 nitrogen and oxygen atoms in total. The number of pyridine rings is 1. The molecule has 2 heteroatoms. The second-order valence-electron chi connectivity index (χ2n) is 3.77. The monoisotopic (exact) mass is 189 g/mol. The van der Waals surface area contributed by atoms with Crippen LogP contribution in [0.5, 0.6) is 0 Å². The summed E-state index contributed by atoms with van der Waals surface area (Å²) < 4.78 is 0. The van der Waals surface area contributed by atoms with Crippen LogP contribution in [0.1, 0.15) is 37.4 Å². The van der Waals surface area contributed by atoms with Gasteiger partial charge in [-0.1, -0.05) is 19.4 Å². The lowest BCUT2D eigenvalue weighted by molar-refractivity contribution is 0.812. The Morgan fingerprint density at radius 1 is 1.50 bits per heavy atom. The van der Waals surface area contributed by atoms with E-state index in [1.165, 1.54) is 24.8 Å². The summed E-state index contributed by atoms with van der Waals surface area (Å²) in [7, 11) is 0. The Balaban J connectivity index is 2.12. The van der Waals surface area contributed by atoms with E-state index >= 15 is 0 Å². The van der Waals surface area contributed by atoms with E-state index in [2.05, 4.69) is 35.8 Å². The molecule has 0 aromatic carbocycles. The third kappa shape index (κ3) is 2.06. The molecule has 0 atom stereocenters. The minimum Gasteiger partial charge on any atom is -0.370 e. The number of aromatic nitrogens is 1. The van der Waals surface area contributed by atoms with Crippen molar-refractivity contribution in [1.82, 2.24) is 4.98 Å². The van der Waals surface area contributed by atoms with Crippen LogP contribution in [0.2, 0.25) is 0 Å². The molecule has 1 aromatic rings. The lowest BCUT2D eigenvalue weighted by Crippen LogP contribution is -2.13. The van der Waals surface area contributed by atoms with E-state index < -0.39 is 0 Å². The summed E-state index contributed by atoms with van der Waals surface area (Å²) in [5, 5.41) is 3.35. The summed E-state index contributed by atoms with van der Waals surface area (Å²) in [6, 6.07) is 4.33. The number of hydrogen-bond donors (Lipinski definition) is 1. The zero-order valence-corrected chi connectivity index (χ0v) is 8.71. The Morgan fingerprint density at radius 3 is 3.29 bits per heavy atom. The van der Waals surface area contributed by atoms with E-state index in [4.69, 9.17) is 0 Å². The Labute approximate surface area is 85.7 Å². The number of aryl methyl sites for hydroxylation is 1. The fraction of sp³-hybridized carbons (Fsp3) is 0.500. The quantitative estimate of drug-likeness (QED) is 0.790. The molecule has 0 saturated heterocycles. The molecule has 1 aliphatic rings. The number of nitrogens with one attached hydrogen (secondary N) is 1.